The molecule has 17 heavy (non-hydrogen) atoms. The second-order valence-corrected chi connectivity index (χ2v) is 4.29. The largest absolute Gasteiger partial charge is 0.365 e. The van der Waals surface area contributed by atoms with Crippen LogP contribution in [0.2, 0.25) is 5.02 Å². The number of carbonyl (C=O) groups is 1. The number of primary amides is 1. The summed E-state index contributed by atoms with van der Waals surface area (Å²) in [6.45, 7) is 1.83. The van der Waals surface area contributed by atoms with E-state index in [2.05, 4.69) is 0 Å². The molecule has 0 saturated heterocycles. The third-order valence-corrected chi connectivity index (χ3v) is 3.29. The number of amides is 1. The van der Waals surface area contributed by atoms with Gasteiger partial charge in [-0.2, -0.15) is 0 Å². The van der Waals surface area contributed by atoms with Crippen LogP contribution in [0.4, 0.5) is 0 Å². The topological polar surface area (TPSA) is 48.0 Å². The van der Waals surface area contributed by atoms with Gasteiger partial charge in [-0.25, -0.2) is 0 Å². The number of benzene rings is 1. The van der Waals surface area contributed by atoms with Crippen molar-refractivity contribution >= 4 is 17.5 Å². The standard InChI is InChI=1S/C13H13ClN2O/c1-8-10(13(15)17)11(14)12(16(8)2)9-6-4-3-5-7-9/h3-7H,1-2H3,(H2,15,17). The fourth-order valence-corrected chi connectivity index (χ4v) is 2.43. The Morgan fingerprint density at radius 3 is 2.35 bits per heavy atom. The number of hydrogen-bond acceptors (Lipinski definition) is 1. The number of nitrogens with two attached hydrogens (primary N) is 1. The summed E-state index contributed by atoms with van der Waals surface area (Å²) < 4.78 is 1.89. The normalized spacial score (nSPS) is 10.5. The molecule has 0 aliphatic carbocycles. The van der Waals surface area contributed by atoms with Crippen LogP contribution < -0.4 is 5.73 Å². The van der Waals surface area contributed by atoms with Crippen LogP contribution in [-0.2, 0) is 7.05 Å². The van der Waals surface area contributed by atoms with E-state index in [1.807, 2.05) is 48.9 Å². The Bertz CT molecular complexity index is 573. The summed E-state index contributed by atoms with van der Waals surface area (Å²) in [6, 6.07) is 9.69. The van der Waals surface area contributed by atoms with Gasteiger partial charge in [-0.15, -0.1) is 0 Å². The Morgan fingerprint density at radius 2 is 1.88 bits per heavy atom. The van der Waals surface area contributed by atoms with E-state index >= 15 is 0 Å². The molecule has 4 heteroatoms. The van der Waals surface area contributed by atoms with Crippen LogP contribution in [0.5, 0.6) is 0 Å². The SMILES string of the molecule is Cc1c(C(N)=O)c(Cl)c(-c2ccccc2)n1C. The zero-order valence-electron chi connectivity index (χ0n) is 9.70. The highest BCUT2D eigenvalue weighted by Crippen LogP contribution is 2.34. The molecule has 1 aromatic carbocycles. The molecular formula is C13H13ClN2O. The van der Waals surface area contributed by atoms with Crippen molar-refractivity contribution in [2.24, 2.45) is 12.8 Å². The van der Waals surface area contributed by atoms with Crippen LogP contribution in [0, 0.1) is 6.92 Å². The number of rotatable bonds is 2. The van der Waals surface area contributed by atoms with Gasteiger partial charge >= 0.3 is 0 Å². The van der Waals surface area contributed by atoms with Crippen molar-refractivity contribution in [2.45, 2.75) is 6.92 Å². The molecule has 1 heterocycles. The van der Waals surface area contributed by atoms with Gasteiger partial charge in [0.1, 0.15) is 0 Å². The van der Waals surface area contributed by atoms with Crippen LogP contribution >= 0.6 is 11.6 Å². The second kappa shape index (κ2) is 4.26. The Labute approximate surface area is 105 Å². The molecule has 2 aromatic rings. The molecular weight excluding hydrogens is 236 g/mol. The average Bonchev–Trinajstić information content (AvgIpc) is 2.51. The maximum Gasteiger partial charge on any atom is 0.252 e. The third kappa shape index (κ3) is 1.83. The summed E-state index contributed by atoms with van der Waals surface area (Å²) in [7, 11) is 1.87. The lowest BCUT2D eigenvalue weighted by molar-refractivity contribution is 0.1000. The molecule has 0 atom stereocenters. The Hall–Kier alpha value is -1.74. The molecule has 0 fully saturated rings. The molecule has 0 bridgehead atoms. The quantitative estimate of drug-likeness (QED) is 0.873. The highest BCUT2D eigenvalue weighted by atomic mass is 35.5. The predicted octanol–water partition coefficient (Wildman–Crippen LogP) is 2.75. The number of halogens is 1. The molecule has 88 valence electrons. The summed E-state index contributed by atoms with van der Waals surface area (Å²) in [5, 5.41) is 0.420. The zero-order chi connectivity index (χ0) is 12.6. The van der Waals surface area contributed by atoms with Crippen LogP contribution in [0.25, 0.3) is 11.3 Å². The molecule has 1 amide bonds. The van der Waals surface area contributed by atoms with Crippen molar-refractivity contribution in [3.63, 3.8) is 0 Å². The molecule has 0 radical (unpaired) electrons. The highest BCUT2D eigenvalue weighted by molar-refractivity contribution is 6.36. The average molecular weight is 249 g/mol. The number of hydrogen-bond donors (Lipinski definition) is 1. The molecule has 0 aliphatic rings. The van der Waals surface area contributed by atoms with E-state index in [9.17, 15) is 4.79 Å². The summed E-state index contributed by atoms with van der Waals surface area (Å²) in [4.78, 5) is 11.4. The van der Waals surface area contributed by atoms with Gasteiger partial charge in [-0.3, -0.25) is 4.79 Å². The molecule has 0 saturated carbocycles. The molecule has 0 unspecified atom stereocenters. The minimum atomic E-state index is -0.495. The summed E-state index contributed by atoms with van der Waals surface area (Å²) >= 11 is 6.24. The number of nitrogens with zero attached hydrogens (tertiary/aromatic N) is 1. The maximum atomic E-state index is 11.4. The minimum Gasteiger partial charge on any atom is -0.365 e. The lowest BCUT2D eigenvalue weighted by Crippen LogP contribution is -2.12. The Morgan fingerprint density at radius 1 is 1.29 bits per heavy atom. The monoisotopic (exact) mass is 248 g/mol. The summed E-state index contributed by atoms with van der Waals surface area (Å²) in [6.07, 6.45) is 0. The van der Waals surface area contributed by atoms with E-state index < -0.39 is 5.91 Å². The van der Waals surface area contributed by atoms with Gasteiger partial charge in [0.2, 0.25) is 0 Å². The smallest absolute Gasteiger partial charge is 0.252 e. The maximum absolute atomic E-state index is 11.4. The first-order chi connectivity index (χ1) is 8.04. The first kappa shape index (κ1) is 11.7. The molecule has 2 rings (SSSR count). The molecule has 2 N–H and O–H groups in total. The van der Waals surface area contributed by atoms with Gasteiger partial charge < -0.3 is 10.3 Å². The number of aromatic nitrogens is 1. The lowest BCUT2D eigenvalue weighted by Gasteiger charge is -2.05. The zero-order valence-corrected chi connectivity index (χ0v) is 10.5. The van der Waals surface area contributed by atoms with E-state index in [0.717, 1.165) is 17.0 Å². The van der Waals surface area contributed by atoms with E-state index in [0.29, 0.717) is 10.6 Å². The van der Waals surface area contributed by atoms with Gasteiger partial charge in [-0.05, 0) is 12.5 Å². The fourth-order valence-electron chi connectivity index (χ4n) is 1.96. The van der Waals surface area contributed by atoms with Gasteiger partial charge in [0.25, 0.3) is 5.91 Å². The predicted molar refractivity (Wildman–Crippen MR) is 69.1 cm³/mol. The van der Waals surface area contributed by atoms with Crippen molar-refractivity contribution < 1.29 is 4.79 Å². The highest BCUT2D eigenvalue weighted by Gasteiger charge is 2.21. The van der Waals surface area contributed by atoms with Crippen molar-refractivity contribution in [1.29, 1.82) is 0 Å². The van der Waals surface area contributed by atoms with E-state index in [1.165, 1.54) is 0 Å². The van der Waals surface area contributed by atoms with E-state index in [1.54, 1.807) is 0 Å². The minimum absolute atomic E-state index is 0.396. The summed E-state index contributed by atoms with van der Waals surface area (Å²) in [5.74, 6) is -0.495. The van der Waals surface area contributed by atoms with Gasteiger partial charge in [0.05, 0.1) is 16.3 Å². The van der Waals surface area contributed by atoms with Crippen molar-refractivity contribution in [3.8, 4) is 11.3 Å². The van der Waals surface area contributed by atoms with Crippen LogP contribution in [0.1, 0.15) is 16.1 Å². The van der Waals surface area contributed by atoms with Crippen molar-refractivity contribution in [1.82, 2.24) is 4.57 Å². The fraction of sp³-hybridized carbons (Fsp3) is 0.154. The van der Waals surface area contributed by atoms with Crippen molar-refractivity contribution in [3.05, 3.63) is 46.6 Å². The molecule has 3 nitrogen and oxygen atoms in total. The van der Waals surface area contributed by atoms with Gasteiger partial charge in [0, 0.05) is 12.7 Å². The molecule has 0 spiro atoms. The van der Waals surface area contributed by atoms with Gasteiger partial charge in [-0.1, -0.05) is 41.9 Å². The first-order valence-electron chi connectivity index (χ1n) is 5.24. The van der Waals surface area contributed by atoms with Crippen LogP contribution in [-0.4, -0.2) is 10.5 Å². The van der Waals surface area contributed by atoms with E-state index in [-0.39, 0.29) is 0 Å². The van der Waals surface area contributed by atoms with Crippen LogP contribution in [0.3, 0.4) is 0 Å². The third-order valence-electron chi connectivity index (χ3n) is 2.92. The molecule has 0 aliphatic heterocycles. The van der Waals surface area contributed by atoms with Crippen LogP contribution in [0.15, 0.2) is 30.3 Å². The van der Waals surface area contributed by atoms with Crippen molar-refractivity contribution in [2.75, 3.05) is 0 Å². The van der Waals surface area contributed by atoms with E-state index in [4.69, 9.17) is 17.3 Å². The first-order valence-corrected chi connectivity index (χ1v) is 5.61. The lowest BCUT2D eigenvalue weighted by atomic mass is 10.1. The summed E-state index contributed by atoms with van der Waals surface area (Å²) in [5.41, 5.74) is 8.30. The van der Waals surface area contributed by atoms with Gasteiger partial charge in [0.15, 0.2) is 0 Å². The number of carbonyl (C=O) groups excluding carboxylic acids is 1. The Kier molecular flexibility index (Phi) is 2.94. The Balaban J connectivity index is 2.72. The molecule has 1 aromatic heterocycles. The second-order valence-electron chi connectivity index (χ2n) is 3.91.